The van der Waals surface area contributed by atoms with Gasteiger partial charge < -0.3 is 9.94 Å². The van der Waals surface area contributed by atoms with E-state index in [9.17, 15) is 5.11 Å². The fourth-order valence-corrected chi connectivity index (χ4v) is 2.70. The van der Waals surface area contributed by atoms with Crippen molar-refractivity contribution in [1.82, 2.24) is 0 Å². The van der Waals surface area contributed by atoms with Crippen LogP contribution in [0.15, 0.2) is 65.8 Å². The zero-order valence-electron chi connectivity index (χ0n) is 12.1. The summed E-state index contributed by atoms with van der Waals surface area (Å²) >= 11 is 0. The molecule has 3 heteroatoms. The van der Waals surface area contributed by atoms with Gasteiger partial charge in [0.05, 0.1) is 11.3 Å². The maximum atomic E-state index is 10.7. The summed E-state index contributed by atoms with van der Waals surface area (Å²) in [5.74, 6) is 0. The lowest BCUT2D eigenvalue weighted by atomic mass is 9.88. The second-order valence-electron chi connectivity index (χ2n) is 5.68. The quantitative estimate of drug-likeness (QED) is 0.932. The molecule has 21 heavy (non-hydrogen) atoms. The second kappa shape index (κ2) is 5.70. The van der Waals surface area contributed by atoms with Gasteiger partial charge in [-0.1, -0.05) is 65.8 Å². The molecule has 108 valence electrons. The van der Waals surface area contributed by atoms with Crippen LogP contribution in [0.1, 0.15) is 30.9 Å². The molecule has 0 radical (unpaired) electrons. The Labute approximate surface area is 124 Å². The van der Waals surface area contributed by atoms with Crippen LogP contribution in [0.25, 0.3) is 0 Å². The van der Waals surface area contributed by atoms with E-state index in [-0.39, 0.29) is 6.10 Å². The van der Waals surface area contributed by atoms with Gasteiger partial charge in [-0.3, -0.25) is 0 Å². The van der Waals surface area contributed by atoms with Crippen LogP contribution in [-0.4, -0.2) is 16.9 Å². The van der Waals surface area contributed by atoms with Gasteiger partial charge in [-0.15, -0.1) is 0 Å². The van der Waals surface area contributed by atoms with Crippen molar-refractivity contribution in [1.29, 1.82) is 0 Å². The Morgan fingerprint density at radius 3 is 2.38 bits per heavy atom. The first-order chi connectivity index (χ1) is 10.1. The normalized spacial score (nSPS) is 20.5. The van der Waals surface area contributed by atoms with Crippen molar-refractivity contribution in [2.75, 3.05) is 0 Å². The molecule has 1 heterocycles. The zero-order valence-corrected chi connectivity index (χ0v) is 12.1. The average Bonchev–Trinajstić information content (AvgIpc) is 2.97. The third kappa shape index (κ3) is 3.14. The minimum Gasteiger partial charge on any atom is -0.392 e. The first-order valence-electron chi connectivity index (χ1n) is 7.21. The van der Waals surface area contributed by atoms with E-state index in [1.165, 1.54) is 0 Å². The number of benzene rings is 2. The van der Waals surface area contributed by atoms with E-state index in [4.69, 9.17) is 4.84 Å². The van der Waals surface area contributed by atoms with Gasteiger partial charge in [0.15, 0.2) is 0 Å². The van der Waals surface area contributed by atoms with Gasteiger partial charge in [0, 0.05) is 12.8 Å². The van der Waals surface area contributed by atoms with Gasteiger partial charge in [0.1, 0.15) is 6.10 Å². The molecule has 3 nitrogen and oxygen atoms in total. The smallest absolute Gasteiger partial charge is 0.136 e. The summed E-state index contributed by atoms with van der Waals surface area (Å²) in [5.41, 5.74) is 2.03. The zero-order chi connectivity index (χ0) is 14.7. The lowest BCUT2D eigenvalue weighted by Gasteiger charge is -2.26. The topological polar surface area (TPSA) is 41.8 Å². The van der Waals surface area contributed by atoms with E-state index in [0.717, 1.165) is 23.3 Å². The van der Waals surface area contributed by atoms with Crippen LogP contribution in [0.4, 0.5) is 0 Å². The van der Waals surface area contributed by atoms with Gasteiger partial charge in [0.2, 0.25) is 0 Å². The van der Waals surface area contributed by atoms with Crippen molar-refractivity contribution in [2.45, 2.75) is 31.5 Å². The van der Waals surface area contributed by atoms with Gasteiger partial charge in [0.25, 0.3) is 0 Å². The highest BCUT2D eigenvalue weighted by molar-refractivity contribution is 6.01. The van der Waals surface area contributed by atoms with Crippen LogP contribution in [0.3, 0.4) is 0 Å². The summed E-state index contributed by atoms with van der Waals surface area (Å²) in [4.78, 5) is 5.51. The third-order valence-corrected chi connectivity index (χ3v) is 3.86. The molecule has 0 unspecified atom stereocenters. The maximum Gasteiger partial charge on any atom is 0.136 e. The molecular weight excluding hydrogens is 262 g/mol. The van der Waals surface area contributed by atoms with Crippen molar-refractivity contribution in [3.63, 3.8) is 0 Å². The molecule has 0 spiro atoms. The molecule has 0 aliphatic carbocycles. The molecule has 0 bridgehead atoms. The first kappa shape index (κ1) is 13.8. The first-order valence-corrected chi connectivity index (χ1v) is 7.21. The molecule has 0 saturated heterocycles. The third-order valence-electron chi connectivity index (χ3n) is 3.86. The van der Waals surface area contributed by atoms with E-state index in [2.05, 4.69) is 5.16 Å². The van der Waals surface area contributed by atoms with Crippen LogP contribution < -0.4 is 0 Å². The summed E-state index contributed by atoms with van der Waals surface area (Å²) in [7, 11) is 0. The van der Waals surface area contributed by atoms with Crippen molar-refractivity contribution in [3.05, 3.63) is 71.8 Å². The van der Waals surface area contributed by atoms with E-state index in [1.54, 1.807) is 0 Å². The summed E-state index contributed by atoms with van der Waals surface area (Å²) in [6.07, 6.45) is 1.17. The van der Waals surface area contributed by atoms with Crippen LogP contribution >= 0.6 is 0 Å². The van der Waals surface area contributed by atoms with Crippen LogP contribution in [0, 0.1) is 0 Å². The Morgan fingerprint density at radius 1 is 1.10 bits per heavy atom. The molecular formula is C18H19NO2. The Bertz CT molecular complexity index is 620. The molecule has 0 saturated carbocycles. The molecule has 2 aromatic carbocycles. The monoisotopic (exact) mass is 281 g/mol. The number of hydrogen-bond donors (Lipinski definition) is 1. The van der Waals surface area contributed by atoms with E-state index in [1.807, 2.05) is 67.6 Å². The minimum atomic E-state index is -0.909. The van der Waals surface area contributed by atoms with Crippen molar-refractivity contribution < 1.29 is 9.94 Å². The van der Waals surface area contributed by atoms with Crippen LogP contribution in [-0.2, 0) is 10.4 Å². The van der Waals surface area contributed by atoms with Crippen molar-refractivity contribution in [2.24, 2.45) is 5.16 Å². The van der Waals surface area contributed by atoms with E-state index in [0.29, 0.717) is 6.42 Å². The summed E-state index contributed by atoms with van der Waals surface area (Å²) in [6.45, 7) is 1.83. The second-order valence-corrected chi connectivity index (χ2v) is 5.68. The average molecular weight is 281 g/mol. The Kier molecular flexibility index (Phi) is 3.76. The highest BCUT2D eigenvalue weighted by atomic mass is 16.6. The van der Waals surface area contributed by atoms with Crippen molar-refractivity contribution in [3.8, 4) is 0 Å². The van der Waals surface area contributed by atoms with Crippen molar-refractivity contribution >= 4 is 5.71 Å². The Hall–Kier alpha value is -2.13. The molecule has 1 aliphatic rings. The Morgan fingerprint density at radius 2 is 1.71 bits per heavy atom. The SMILES string of the molecule is C[C@](O)(C[C@H]1CC(c2ccccc2)=NO1)c1ccccc1. The van der Waals surface area contributed by atoms with Gasteiger partial charge >= 0.3 is 0 Å². The largest absolute Gasteiger partial charge is 0.392 e. The molecule has 2 atom stereocenters. The highest BCUT2D eigenvalue weighted by Gasteiger charge is 2.32. The molecule has 2 aromatic rings. The number of oxime groups is 1. The summed E-state index contributed by atoms with van der Waals surface area (Å²) in [6, 6.07) is 19.7. The fraction of sp³-hybridized carbons (Fsp3) is 0.278. The number of rotatable bonds is 4. The van der Waals surface area contributed by atoms with Crippen LogP contribution in [0.2, 0.25) is 0 Å². The number of aliphatic hydroxyl groups is 1. The lowest BCUT2D eigenvalue weighted by Crippen LogP contribution is -2.27. The molecule has 3 rings (SSSR count). The Balaban J connectivity index is 1.66. The maximum absolute atomic E-state index is 10.7. The lowest BCUT2D eigenvalue weighted by molar-refractivity contribution is -0.0195. The predicted molar refractivity (Wildman–Crippen MR) is 83.1 cm³/mol. The highest BCUT2D eigenvalue weighted by Crippen LogP contribution is 2.30. The standard InChI is InChI=1S/C18H19NO2/c1-18(20,15-10-6-3-7-11-15)13-16-12-17(19-21-16)14-8-4-2-5-9-14/h2-11,16,20H,12-13H2,1H3/t16-,18+/m1/s1. The summed E-state index contributed by atoms with van der Waals surface area (Å²) < 4.78 is 0. The number of hydrogen-bond acceptors (Lipinski definition) is 3. The minimum absolute atomic E-state index is 0.0876. The van der Waals surface area contributed by atoms with Crippen LogP contribution in [0.5, 0.6) is 0 Å². The fourth-order valence-electron chi connectivity index (χ4n) is 2.70. The van der Waals surface area contributed by atoms with E-state index < -0.39 is 5.60 Å². The van der Waals surface area contributed by atoms with Gasteiger partial charge in [-0.2, -0.15) is 0 Å². The molecule has 0 aromatic heterocycles. The molecule has 1 aliphatic heterocycles. The predicted octanol–water partition coefficient (Wildman–Crippen LogP) is 3.48. The number of nitrogens with zero attached hydrogens (tertiary/aromatic N) is 1. The summed E-state index contributed by atoms with van der Waals surface area (Å²) in [5, 5.41) is 14.8. The van der Waals surface area contributed by atoms with E-state index >= 15 is 0 Å². The van der Waals surface area contributed by atoms with Gasteiger partial charge in [-0.25, -0.2) is 0 Å². The molecule has 0 amide bonds. The molecule has 1 N–H and O–H groups in total. The molecule has 0 fully saturated rings. The van der Waals surface area contributed by atoms with Gasteiger partial charge in [-0.05, 0) is 18.1 Å².